The van der Waals surface area contributed by atoms with E-state index < -0.39 is 11.5 Å². The van der Waals surface area contributed by atoms with Gasteiger partial charge in [-0.15, -0.1) is 0 Å². The molecule has 10 heteroatoms. The molecule has 3 heterocycles. The Kier molecular flexibility index (Phi) is 5.79. The Balaban J connectivity index is 1.40. The van der Waals surface area contributed by atoms with Crippen LogP contribution < -0.4 is 15.5 Å². The summed E-state index contributed by atoms with van der Waals surface area (Å²) in [7, 11) is 1.84. The second-order valence-corrected chi connectivity index (χ2v) is 8.90. The van der Waals surface area contributed by atoms with Gasteiger partial charge >= 0.3 is 0 Å². The number of anilines is 3. The van der Waals surface area contributed by atoms with E-state index in [2.05, 4.69) is 36.7 Å². The molecule has 1 saturated heterocycles. The van der Waals surface area contributed by atoms with Crippen LogP contribution in [0.2, 0.25) is 0 Å². The number of aryl methyl sites for hydroxylation is 2. The highest BCUT2D eigenvalue weighted by Gasteiger charge is 2.45. The van der Waals surface area contributed by atoms with E-state index in [1.807, 2.05) is 20.2 Å². The van der Waals surface area contributed by atoms with Crippen molar-refractivity contribution < 1.29 is 8.78 Å². The molecule has 31 heavy (non-hydrogen) atoms. The van der Waals surface area contributed by atoms with Crippen LogP contribution in [0.3, 0.4) is 0 Å². The lowest BCUT2D eigenvalue weighted by Gasteiger charge is -2.51. The molecule has 2 aromatic heterocycles. The van der Waals surface area contributed by atoms with Crippen LogP contribution in [0.15, 0.2) is 18.6 Å². The molecule has 2 N–H and O–H groups in total. The van der Waals surface area contributed by atoms with Crippen molar-refractivity contribution in [2.75, 3.05) is 29.9 Å². The topological polar surface area (TPSA) is 94.7 Å². The summed E-state index contributed by atoms with van der Waals surface area (Å²) < 4.78 is 29.1. The molecular weight excluding hydrogens is 402 g/mol. The second kappa shape index (κ2) is 8.38. The van der Waals surface area contributed by atoms with E-state index in [4.69, 9.17) is 0 Å². The smallest absolute Gasteiger partial charge is 0.248 e. The SMILES string of the molecule is Cc1cnc(Nc2cnn(C)c2)nc1N1CC(CC#N)(NC[C@H]2CCCC(F)(F)C2)C1. The Hall–Kier alpha value is -2.80. The summed E-state index contributed by atoms with van der Waals surface area (Å²) in [6.07, 6.45) is 6.92. The zero-order chi connectivity index (χ0) is 22.1. The maximum Gasteiger partial charge on any atom is 0.248 e. The summed E-state index contributed by atoms with van der Waals surface area (Å²) >= 11 is 0. The molecule has 2 aromatic rings. The van der Waals surface area contributed by atoms with E-state index >= 15 is 0 Å². The molecule has 4 rings (SSSR count). The number of hydrogen-bond donors (Lipinski definition) is 2. The maximum atomic E-state index is 13.7. The highest BCUT2D eigenvalue weighted by atomic mass is 19.3. The normalized spacial score (nSPS) is 21.9. The first kappa shape index (κ1) is 21.4. The van der Waals surface area contributed by atoms with Crippen LogP contribution >= 0.6 is 0 Å². The van der Waals surface area contributed by atoms with Gasteiger partial charge in [0.05, 0.1) is 29.9 Å². The number of nitriles is 1. The molecule has 0 amide bonds. The Bertz CT molecular complexity index is 961. The van der Waals surface area contributed by atoms with E-state index in [1.165, 1.54) is 0 Å². The van der Waals surface area contributed by atoms with Gasteiger partial charge in [0.1, 0.15) is 5.82 Å². The van der Waals surface area contributed by atoms with E-state index in [0.29, 0.717) is 38.4 Å². The molecule has 8 nitrogen and oxygen atoms in total. The first-order valence-electron chi connectivity index (χ1n) is 10.6. The van der Waals surface area contributed by atoms with Gasteiger partial charge in [-0.3, -0.25) is 4.68 Å². The third-order valence-electron chi connectivity index (χ3n) is 6.12. The zero-order valence-electron chi connectivity index (χ0n) is 17.9. The number of rotatable bonds is 7. The van der Waals surface area contributed by atoms with Crippen molar-refractivity contribution in [1.29, 1.82) is 5.26 Å². The van der Waals surface area contributed by atoms with Crippen LogP contribution in [0.5, 0.6) is 0 Å². The number of nitrogens with zero attached hydrogens (tertiary/aromatic N) is 6. The minimum absolute atomic E-state index is 0.0109. The standard InChI is InChI=1S/C21H28F2N8/c1-15-9-25-19(28-17-11-27-30(2)12-17)29-18(15)31-13-20(14-31,6-7-24)26-10-16-4-3-5-21(22,23)8-16/h9,11-12,16,26H,3-6,8,10,13-14H2,1-2H3,(H,25,28,29)/t16-/m0/s1. The molecule has 1 atom stereocenters. The monoisotopic (exact) mass is 430 g/mol. The summed E-state index contributed by atoms with van der Waals surface area (Å²) in [5, 5.41) is 20.1. The molecule has 0 radical (unpaired) electrons. The minimum atomic E-state index is -2.56. The van der Waals surface area contributed by atoms with Gasteiger partial charge in [-0.25, -0.2) is 13.8 Å². The van der Waals surface area contributed by atoms with Crippen molar-refractivity contribution >= 4 is 17.5 Å². The molecule has 0 spiro atoms. The van der Waals surface area contributed by atoms with Crippen molar-refractivity contribution in [2.24, 2.45) is 13.0 Å². The highest BCUT2D eigenvalue weighted by molar-refractivity contribution is 5.57. The Morgan fingerprint density at radius 3 is 2.81 bits per heavy atom. The van der Waals surface area contributed by atoms with Gasteiger partial charge in [0.25, 0.3) is 0 Å². The number of halogens is 2. The fourth-order valence-electron chi connectivity index (χ4n) is 4.51. The molecule has 1 aliphatic heterocycles. The first-order valence-corrected chi connectivity index (χ1v) is 10.6. The lowest BCUT2D eigenvalue weighted by atomic mass is 9.83. The molecule has 2 aliphatic rings. The van der Waals surface area contributed by atoms with Crippen molar-refractivity contribution in [3.05, 3.63) is 24.2 Å². The quantitative estimate of drug-likeness (QED) is 0.697. The Morgan fingerprint density at radius 2 is 2.13 bits per heavy atom. The van der Waals surface area contributed by atoms with Crippen LogP contribution in [-0.4, -0.2) is 50.8 Å². The predicted octanol–water partition coefficient (Wildman–Crippen LogP) is 3.15. The number of aromatic nitrogens is 4. The van der Waals surface area contributed by atoms with E-state index in [0.717, 1.165) is 23.5 Å². The van der Waals surface area contributed by atoms with Crippen molar-refractivity contribution in [3.8, 4) is 6.07 Å². The van der Waals surface area contributed by atoms with Crippen molar-refractivity contribution in [1.82, 2.24) is 25.1 Å². The van der Waals surface area contributed by atoms with Gasteiger partial charge in [-0.2, -0.15) is 15.3 Å². The number of hydrogen-bond acceptors (Lipinski definition) is 7. The molecule has 2 fully saturated rings. The summed E-state index contributed by atoms with van der Waals surface area (Å²) in [5.74, 6) is -1.33. The summed E-state index contributed by atoms with van der Waals surface area (Å²) in [6, 6.07) is 2.26. The summed E-state index contributed by atoms with van der Waals surface area (Å²) in [5.41, 5.74) is 1.34. The maximum absolute atomic E-state index is 13.7. The highest BCUT2D eigenvalue weighted by Crippen LogP contribution is 2.37. The molecule has 0 aromatic carbocycles. The van der Waals surface area contributed by atoms with Crippen molar-refractivity contribution in [3.63, 3.8) is 0 Å². The van der Waals surface area contributed by atoms with Gasteiger partial charge < -0.3 is 15.5 Å². The van der Waals surface area contributed by atoms with E-state index in [-0.39, 0.29) is 18.8 Å². The average molecular weight is 431 g/mol. The van der Waals surface area contributed by atoms with Crippen LogP contribution in [0.25, 0.3) is 0 Å². The molecule has 166 valence electrons. The fraction of sp³-hybridized carbons (Fsp3) is 0.619. The van der Waals surface area contributed by atoms with Crippen LogP contribution in [-0.2, 0) is 7.05 Å². The average Bonchev–Trinajstić information content (AvgIpc) is 3.09. The van der Waals surface area contributed by atoms with Crippen molar-refractivity contribution in [2.45, 2.75) is 50.5 Å². The minimum Gasteiger partial charge on any atom is -0.352 e. The molecule has 1 aliphatic carbocycles. The van der Waals surface area contributed by atoms with Gasteiger partial charge in [0, 0.05) is 50.9 Å². The van der Waals surface area contributed by atoms with E-state index in [1.54, 1.807) is 17.1 Å². The van der Waals surface area contributed by atoms with Crippen LogP contribution in [0.1, 0.15) is 37.7 Å². The lowest BCUT2D eigenvalue weighted by molar-refractivity contribution is -0.0531. The van der Waals surface area contributed by atoms with Gasteiger partial charge in [-0.05, 0) is 32.2 Å². The van der Waals surface area contributed by atoms with Crippen LogP contribution in [0.4, 0.5) is 26.2 Å². The van der Waals surface area contributed by atoms with E-state index in [9.17, 15) is 14.0 Å². The predicted molar refractivity (Wildman–Crippen MR) is 113 cm³/mol. The van der Waals surface area contributed by atoms with Gasteiger partial charge in [-0.1, -0.05) is 0 Å². The zero-order valence-corrected chi connectivity index (χ0v) is 17.9. The third kappa shape index (κ3) is 4.93. The number of nitrogens with one attached hydrogen (secondary N) is 2. The second-order valence-electron chi connectivity index (χ2n) is 8.90. The molecule has 0 bridgehead atoms. The molecule has 0 unspecified atom stereocenters. The molecular formula is C21H28F2N8. The fourth-order valence-corrected chi connectivity index (χ4v) is 4.51. The first-order chi connectivity index (χ1) is 14.8. The largest absolute Gasteiger partial charge is 0.352 e. The molecule has 1 saturated carbocycles. The number of alkyl halides is 2. The summed E-state index contributed by atoms with van der Waals surface area (Å²) in [4.78, 5) is 11.1. The Labute approximate surface area is 180 Å². The van der Waals surface area contributed by atoms with Gasteiger partial charge in [0.2, 0.25) is 11.9 Å². The summed E-state index contributed by atoms with van der Waals surface area (Å²) in [6.45, 7) is 3.68. The third-order valence-corrected chi connectivity index (χ3v) is 6.12. The lowest BCUT2D eigenvalue weighted by Crippen LogP contribution is -2.70. The van der Waals surface area contributed by atoms with Gasteiger partial charge in [0.15, 0.2) is 0 Å². The Morgan fingerprint density at radius 1 is 1.32 bits per heavy atom. The van der Waals surface area contributed by atoms with Crippen LogP contribution in [0, 0.1) is 24.2 Å².